The summed E-state index contributed by atoms with van der Waals surface area (Å²) in [5.74, 6) is 4.48. The van der Waals surface area contributed by atoms with Crippen LogP contribution in [0.25, 0.3) is 0 Å². The number of carbonyl (C=O) groups excluding carboxylic acids is 1. The van der Waals surface area contributed by atoms with Gasteiger partial charge in [0.2, 0.25) is 0 Å². The molecule has 3 rings (SSSR count). The normalized spacial score (nSPS) is 13.6. The van der Waals surface area contributed by atoms with Crippen LogP contribution in [0.5, 0.6) is 0 Å². The molecule has 0 radical (unpaired) electrons. The Morgan fingerprint density at radius 2 is 1.92 bits per heavy atom. The first kappa shape index (κ1) is 17.2. The van der Waals surface area contributed by atoms with E-state index in [-0.39, 0.29) is 5.91 Å². The molecular formula is C19H22N4OSi. The highest BCUT2D eigenvalue weighted by Crippen LogP contribution is 2.37. The van der Waals surface area contributed by atoms with Crippen LogP contribution in [0.3, 0.4) is 0 Å². The first-order valence-electron chi connectivity index (χ1n) is 8.36. The van der Waals surface area contributed by atoms with E-state index in [4.69, 9.17) is 4.98 Å². The fourth-order valence-corrected chi connectivity index (χ4v) is 3.19. The van der Waals surface area contributed by atoms with Crippen LogP contribution in [0.2, 0.25) is 19.6 Å². The summed E-state index contributed by atoms with van der Waals surface area (Å²) < 4.78 is 0. The van der Waals surface area contributed by atoms with Crippen molar-refractivity contribution in [2.24, 2.45) is 0 Å². The van der Waals surface area contributed by atoms with Crippen molar-refractivity contribution >= 4 is 31.3 Å². The summed E-state index contributed by atoms with van der Waals surface area (Å²) in [6, 6.07) is 7.39. The number of nitrogens with zero attached hydrogens (tertiary/aromatic N) is 4. The van der Waals surface area contributed by atoms with E-state index in [0.717, 1.165) is 17.2 Å². The van der Waals surface area contributed by atoms with E-state index in [1.807, 2.05) is 30.0 Å². The van der Waals surface area contributed by atoms with Gasteiger partial charge >= 0.3 is 0 Å². The first-order valence-corrected chi connectivity index (χ1v) is 11.9. The molecule has 0 fully saturated rings. The van der Waals surface area contributed by atoms with Crippen LogP contribution < -0.4 is 9.80 Å². The first-order chi connectivity index (χ1) is 11.8. The van der Waals surface area contributed by atoms with Gasteiger partial charge in [0.25, 0.3) is 5.91 Å². The van der Waals surface area contributed by atoms with Gasteiger partial charge in [-0.05, 0) is 31.2 Å². The van der Waals surface area contributed by atoms with Gasteiger partial charge in [0.15, 0.2) is 5.82 Å². The SMILES string of the molecule is CCN1c2ncccc2C(=O)N(C)c2ccc(C#C[Si](C)(C)C)nc21. The zero-order chi connectivity index (χ0) is 18.2. The van der Waals surface area contributed by atoms with Crippen LogP contribution in [-0.2, 0) is 0 Å². The minimum absolute atomic E-state index is 0.0805. The molecule has 3 heterocycles. The molecular weight excluding hydrogens is 328 g/mol. The van der Waals surface area contributed by atoms with Crippen molar-refractivity contribution < 1.29 is 4.79 Å². The number of hydrogen-bond donors (Lipinski definition) is 0. The monoisotopic (exact) mass is 350 g/mol. The molecule has 25 heavy (non-hydrogen) atoms. The summed E-state index contributed by atoms with van der Waals surface area (Å²) in [6.45, 7) is 9.30. The maximum absolute atomic E-state index is 12.8. The predicted octanol–water partition coefficient (Wildman–Crippen LogP) is 3.45. The maximum atomic E-state index is 12.8. The molecule has 128 valence electrons. The molecule has 0 aliphatic carbocycles. The number of aromatic nitrogens is 2. The van der Waals surface area contributed by atoms with E-state index in [1.165, 1.54) is 0 Å². The van der Waals surface area contributed by atoms with Gasteiger partial charge in [-0.2, -0.15) is 0 Å². The molecule has 1 aliphatic heterocycles. The number of fused-ring (bicyclic) bond motifs is 2. The largest absolute Gasteiger partial charge is 0.309 e. The third-order valence-corrected chi connectivity index (χ3v) is 4.81. The molecule has 0 bridgehead atoms. The summed E-state index contributed by atoms with van der Waals surface area (Å²) in [5, 5.41) is 0. The average molecular weight is 350 g/mol. The second-order valence-electron chi connectivity index (χ2n) is 7.02. The lowest BCUT2D eigenvalue weighted by molar-refractivity contribution is 0.0994. The molecule has 0 N–H and O–H groups in total. The molecule has 0 saturated heterocycles. The van der Waals surface area contributed by atoms with Crippen molar-refractivity contribution in [3.05, 3.63) is 41.7 Å². The van der Waals surface area contributed by atoms with Gasteiger partial charge in [-0.1, -0.05) is 25.6 Å². The van der Waals surface area contributed by atoms with Crippen molar-refractivity contribution in [1.29, 1.82) is 0 Å². The number of amides is 1. The smallest absolute Gasteiger partial charge is 0.261 e. The summed E-state index contributed by atoms with van der Waals surface area (Å²) in [4.78, 5) is 25.6. The minimum Gasteiger partial charge on any atom is -0.309 e. The number of pyridine rings is 2. The zero-order valence-electron chi connectivity index (χ0n) is 15.3. The maximum Gasteiger partial charge on any atom is 0.261 e. The lowest BCUT2D eigenvalue weighted by Gasteiger charge is -2.23. The van der Waals surface area contributed by atoms with Crippen LogP contribution in [-0.4, -0.2) is 37.5 Å². The summed E-state index contributed by atoms with van der Waals surface area (Å²) >= 11 is 0. The lowest BCUT2D eigenvalue weighted by atomic mass is 10.2. The Labute approximate surface area is 149 Å². The van der Waals surface area contributed by atoms with E-state index >= 15 is 0 Å². The van der Waals surface area contributed by atoms with Gasteiger partial charge in [-0.25, -0.2) is 9.97 Å². The van der Waals surface area contributed by atoms with Crippen LogP contribution in [0.1, 0.15) is 23.0 Å². The molecule has 2 aromatic heterocycles. The third kappa shape index (κ3) is 3.28. The predicted molar refractivity (Wildman–Crippen MR) is 104 cm³/mol. The molecule has 0 spiro atoms. The highest BCUT2D eigenvalue weighted by molar-refractivity contribution is 6.83. The summed E-state index contributed by atoms with van der Waals surface area (Å²) in [7, 11) is 0.286. The topological polar surface area (TPSA) is 49.3 Å². The van der Waals surface area contributed by atoms with Crippen LogP contribution in [0.4, 0.5) is 17.3 Å². The quantitative estimate of drug-likeness (QED) is 0.584. The van der Waals surface area contributed by atoms with Crippen LogP contribution in [0, 0.1) is 11.5 Å². The number of rotatable bonds is 1. The van der Waals surface area contributed by atoms with Crippen molar-refractivity contribution in [3.63, 3.8) is 0 Å². The average Bonchev–Trinajstić information content (AvgIpc) is 2.67. The fourth-order valence-electron chi connectivity index (χ4n) is 2.69. The molecule has 0 atom stereocenters. The Balaban J connectivity index is 2.20. The van der Waals surface area contributed by atoms with E-state index in [9.17, 15) is 4.79 Å². The molecule has 0 saturated carbocycles. The minimum atomic E-state index is -1.48. The standard InChI is InChI=1S/C19H22N4OSi/c1-6-23-17-15(8-7-12-20-17)19(24)22(2)16-10-9-14(21-18(16)23)11-13-25(3,4)5/h7-10,12H,6H2,1-5H3. The van der Waals surface area contributed by atoms with Crippen molar-refractivity contribution in [3.8, 4) is 11.5 Å². The van der Waals surface area contributed by atoms with Gasteiger partial charge in [-0.3, -0.25) is 4.79 Å². The Bertz CT molecular complexity index is 892. The van der Waals surface area contributed by atoms with Gasteiger partial charge in [0.05, 0.1) is 11.3 Å². The molecule has 5 nitrogen and oxygen atoms in total. The molecule has 0 aromatic carbocycles. The van der Waals surface area contributed by atoms with Gasteiger partial charge in [0, 0.05) is 19.8 Å². The van der Waals surface area contributed by atoms with Crippen molar-refractivity contribution in [2.75, 3.05) is 23.4 Å². The lowest BCUT2D eigenvalue weighted by Crippen LogP contribution is -2.25. The summed E-state index contributed by atoms with van der Waals surface area (Å²) in [6.07, 6.45) is 1.70. The Hall–Kier alpha value is -2.65. The third-order valence-electron chi connectivity index (χ3n) is 3.93. The zero-order valence-corrected chi connectivity index (χ0v) is 16.3. The van der Waals surface area contributed by atoms with Gasteiger partial charge < -0.3 is 9.80 Å². The van der Waals surface area contributed by atoms with E-state index in [1.54, 1.807) is 24.2 Å². The van der Waals surface area contributed by atoms with Crippen LogP contribution in [0.15, 0.2) is 30.5 Å². The number of hydrogen-bond acceptors (Lipinski definition) is 4. The van der Waals surface area contributed by atoms with E-state index < -0.39 is 8.07 Å². The molecule has 1 aliphatic rings. The summed E-state index contributed by atoms with van der Waals surface area (Å²) in [5.41, 5.74) is 5.42. The molecule has 6 heteroatoms. The Morgan fingerprint density at radius 3 is 2.60 bits per heavy atom. The van der Waals surface area contributed by atoms with Crippen LogP contribution >= 0.6 is 0 Å². The second kappa shape index (κ2) is 6.34. The van der Waals surface area contributed by atoms with Crippen molar-refractivity contribution in [1.82, 2.24) is 9.97 Å². The number of carbonyl (C=O) groups is 1. The molecule has 0 unspecified atom stereocenters. The van der Waals surface area contributed by atoms with Gasteiger partial charge in [0.1, 0.15) is 19.6 Å². The van der Waals surface area contributed by atoms with Gasteiger partial charge in [-0.15, -0.1) is 5.54 Å². The number of anilines is 3. The van der Waals surface area contributed by atoms with E-state index in [2.05, 4.69) is 36.1 Å². The fraction of sp³-hybridized carbons (Fsp3) is 0.316. The molecule has 1 amide bonds. The highest BCUT2D eigenvalue weighted by Gasteiger charge is 2.30. The second-order valence-corrected chi connectivity index (χ2v) is 11.8. The van der Waals surface area contributed by atoms with Crippen molar-refractivity contribution in [2.45, 2.75) is 26.6 Å². The molecule has 2 aromatic rings. The van der Waals surface area contributed by atoms with E-state index in [0.29, 0.717) is 17.9 Å². The highest BCUT2D eigenvalue weighted by atomic mass is 28.3. The Kier molecular flexibility index (Phi) is 4.35. The Morgan fingerprint density at radius 1 is 1.16 bits per heavy atom.